The molecule has 1 aromatic rings. The standard InChI is InChI=1S/C10H15N3OS/c14-10(8-2-1-4-11-8)13-5-3-9-12-6-7-15-9/h6-8,11H,1-5H2,(H,13,14)/t8-/m1/s1. The van der Waals surface area contributed by atoms with Crippen LogP contribution in [0.1, 0.15) is 17.8 Å². The van der Waals surface area contributed by atoms with Crippen LogP contribution in [0.15, 0.2) is 11.6 Å². The largest absolute Gasteiger partial charge is 0.354 e. The first-order valence-electron chi connectivity index (χ1n) is 5.26. The van der Waals surface area contributed by atoms with Gasteiger partial charge in [-0.25, -0.2) is 4.98 Å². The molecule has 0 aliphatic carbocycles. The minimum absolute atomic E-state index is 0.0290. The lowest BCUT2D eigenvalue weighted by atomic mass is 10.2. The predicted molar refractivity (Wildman–Crippen MR) is 59.9 cm³/mol. The van der Waals surface area contributed by atoms with Crippen molar-refractivity contribution in [3.05, 3.63) is 16.6 Å². The average Bonchev–Trinajstić information content (AvgIpc) is 2.90. The SMILES string of the molecule is O=C(NCCc1nccs1)[C@H]1CCCN1. The zero-order valence-corrected chi connectivity index (χ0v) is 9.35. The van der Waals surface area contributed by atoms with Gasteiger partial charge in [0.05, 0.1) is 11.0 Å². The van der Waals surface area contributed by atoms with Crippen molar-refractivity contribution in [1.29, 1.82) is 0 Å². The fourth-order valence-corrected chi connectivity index (χ4v) is 2.32. The van der Waals surface area contributed by atoms with Gasteiger partial charge in [0.1, 0.15) is 0 Å². The summed E-state index contributed by atoms with van der Waals surface area (Å²) in [5.74, 6) is 0.129. The first-order chi connectivity index (χ1) is 7.36. The van der Waals surface area contributed by atoms with E-state index in [9.17, 15) is 4.79 Å². The minimum atomic E-state index is 0.0290. The Morgan fingerprint density at radius 1 is 1.73 bits per heavy atom. The lowest BCUT2D eigenvalue weighted by molar-refractivity contribution is -0.122. The van der Waals surface area contributed by atoms with Crippen molar-refractivity contribution in [3.8, 4) is 0 Å². The zero-order chi connectivity index (χ0) is 10.5. The average molecular weight is 225 g/mol. The van der Waals surface area contributed by atoms with Gasteiger partial charge >= 0.3 is 0 Å². The maximum Gasteiger partial charge on any atom is 0.237 e. The minimum Gasteiger partial charge on any atom is -0.354 e. The van der Waals surface area contributed by atoms with Gasteiger partial charge in [-0.05, 0) is 19.4 Å². The number of aromatic nitrogens is 1. The number of carbonyl (C=O) groups is 1. The molecule has 1 saturated heterocycles. The number of nitrogens with zero attached hydrogens (tertiary/aromatic N) is 1. The lowest BCUT2D eigenvalue weighted by Gasteiger charge is -2.09. The Bertz CT molecular complexity index is 306. The molecule has 1 aliphatic rings. The van der Waals surface area contributed by atoms with Crippen LogP contribution in [0.4, 0.5) is 0 Å². The molecule has 1 amide bonds. The monoisotopic (exact) mass is 225 g/mol. The fraction of sp³-hybridized carbons (Fsp3) is 0.600. The van der Waals surface area contributed by atoms with Gasteiger partial charge in [-0.1, -0.05) is 0 Å². The highest BCUT2D eigenvalue weighted by atomic mass is 32.1. The molecule has 0 radical (unpaired) electrons. The van der Waals surface area contributed by atoms with Crippen molar-refractivity contribution < 1.29 is 4.79 Å². The van der Waals surface area contributed by atoms with Crippen molar-refractivity contribution in [2.24, 2.45) is 0 Å². The summed E-state index contributed by atoms with van der Waals surface area (Å²) in [4.78, 5) is 15.7. The fourth-order valence-electron chi connectivity index (χ4n) is 1.70. The van der Waals surface area contributed by atoms with Crippen LogP contribution < -0.4 is 10.6 Å². The second-order valence-electron chi connectivity index (χ2n) is 3.62. The highest BCUT2D eigenvalue weighted by Crippen LogP contribution is 2.05. The van der Waals surface area contributed by atoms with Crippen molar-refractivity contribution in [3.63, 3.8) is 0 Å². The Labute approximate surface area is 93.1 Å². The van der Waals surface area contributed by atoms with E-state index in [0.717, 1.165) is 30.8 Å². The summed E-state index contributed by atoms with van der Waals surface area (Å²) in [7, 11) is 0. The normalized spacial score (nSPS) is 20.4. The van der Waals surface area contributed by atoms with Gasteiger partial charge in [-0.2, -0.15) is 0 Å². The second kappa shape index (κ2) is 5.23. The smallest absolute Gasteiger partial charge is 0.237 e. The molecule has 2 N–H and O–H groups in total. The van der Waals surface area contributed by atoms with Crippen LogP contribution in [-0.4, -0.2) is 30.0 Å². The number of hydrogen-bond acceptors (Lipinski definition) is 4. The Kier molecular flexibility index (Phi) is 3.69. The molecule has 0 unspecified atom stereocenters. The van der Waals surface area contributed by atoms with E-state index in [0.29, 0.717) is 6.54 Å². The first-order valence-corrected chi connectivity index (χ1v) is 6.14. The molecule has 15 heavy (non-hydrogen) atoms. The van der Waals surface area contributed by atoms with Crippen LogP contribution in [0.25, 0.3) is 0 Å². The summed E-state index contributed by atoms with van der Waals surface area (Å²) < 4.78 is 0. The molecule has 0 spiro atoms. The quantitative estimate of drug-likeness (QED) is 0.787. The molecule has 1 aromatic heterocycles. The summed E-state index contributed by atoms with van der Waals surface area (Å²) in [6, 6.07) is 0.0290. The maximum absolute atomic E-state index is 11.6. The van der Waals surface area contributed by atoms with Gasteiger partial charge in [0.2, 0.25) is 5.91 Å². The summed E-state index contributed by atoms with van der Waals surface area (Å²) >= 11 is 1.63. The molecule has 82 valence electrons. The van der Waals surface area contributed by atoms with Crippen LogP contribution in [0, 0.1) is 0 Å². The number of hydrogen-bond donors (Lipinski definition) is 2. The van der Waals surface area contributed by atoms with Crippen LogP contribution in [-0.2, 0) is 11.2 Å². The molecule has 1 fully saturated rings. The first kappa shape index (κ1) is 10.6. The van der Waals surface area contributed by atoms with E-state index < -0.39 is 0 Å². The van der Waals surface area contributed by atoms with E-state index in [1.807, 2.05) is 5.38 Å². The second-order valence-corrected chi connectivity index (χ2v) is 4.59. The third-order valence-corrected chi connectivity index (χ3v) is 3.34. The Morgan fingerprint density at radius 3 is 3.33 bits per heavy atom. The highest BCUT2D eigenvalue weighted by Gasteiger charge is 2.21. The third kappa shape index (κ3) is 3.00. The summed E-state index contributed by atoms with van der Waals surface area (Å²) in [5.41, 5.74) is 0. The van der Waals surface area contributed by atoms with Crippen molar-refractivity contribution in [2.45, 2.75) is 25.3 Å². The molecular formula is C10H15N3OS. The van der Waals surface area contributed by atoms with Crippen molar-refractivity contribution in [1.82, 2.24) is 15.6 Å². The van der Waals surface area contributed by atoms with Crippen molar-refractivity contribution in [2.75, 3.05) is 13.1 Å². The van der Waals surface area contributed by atoms with Crippen LogP contribution >= 0.6 is 11.3 Å². The van der Waals surface area contributed by atoms with Crippen molar-refractivity contribution >= 4 is 17.2 Å². The Morgan fingerprint density at radius 2 is 2.67 bits per heavy atom. The molecule has 5 heteroatoms. The molecule has 2 heterocycles. The summed E-state index contributed by atoms with van der Waals surface area (Å²) in [6.07, 6.45) is 4.68. The predicted octanol–water partition coefficient (Wildman–Crippen LogP) is 0.554. The third-order valence-electron chi connectivity index (χ3n) is 2.50. The van der Waals surface area contributed by atoms with E-state index >= 15 is 0 Å². The highest BCUT2D eigenvalue weighted by molar-refractivity contribution is 7.09. The van der Waals surface area contributed by atoms with Crippen LogP contribution in [0.3, 0.4) is 0 Å². The zero-order valence-electron chi connectivity index (χ0n) is 8.53. The molecular weight excluding hydrogens is 210 g/mol. The topological polar surface area (TPSA) is 54.0 Å². The maximum atomic E-state index is 11.6. The Balaban J connectivity index is 1.67. The van der Waals surface area contributed by atoms with E-state index in [4.69, 9.17) is 0 Å². The van der Waals surface area contributed by atoms with Gasteiger partial charge in [0.15, 0.2) is 0 Å². The molecule has 2 rings (SSSR count). The van der Waals surface area contributed by atoms with Gasteiger partial charge in [-0.3, -0.25) is 4.79 Å². The number of nitrogens with one attached hydrogen (secondary N) is 2. The molecule has 1 aliphatic heterocycles. The van der Waals surface area contributed by atoms with E-state index in [1.54, 1.807) is 17.5 Å². The van der Waals surface area contributed by atoms with Gasteiger partial charge in [0.25, 0.3) is 0 Å². The molecule has 0 bridgehead atoms. The number of amides is 1. The van der Waals surface area contributed by atoms with E-state index in [2.05, 4.69) is 15.6 Å². The molecule has 0 saturated carbocycles. The van der Waals surface area contributed by atoms with Gasteiger partial charge < -0.3 is 10.6 Å². The number of rotatable bonds is 4. The molecule has 0 aromatic carbocycles. The number of thiazole rings is 1. The van der Waals surface area contributed by atoms with Gasteiger partial charge in [-0.15, -0.1) is 11.3 Å². The van der Waals surface area contributed by atoms with E-state index in [1.165, 1.54) is 0 Å². The Hall–Kier alpha value is -0.940. The van der Waals surface area contributed by atoms with Gasteiger partial charge in [0, 0.05) is 24.5 Å². The van der Waals surface area contributed by atoms with Crippen LogP contribution in [0.2, 0.25) is 0 Å². The van der Waals surface area contributed by atoms with E-state index in [-0.39, 0.29) is 11.9 Å². The summed E-state index contributed by atoms with van der Waals surface area (Å²) in [5, 5.41) is 9.14. The lowest BCUT2D eigenvalue weighted by Crippen LogP contribution is -2.41. The van der Waals surface area contributed by atoms with Crippen LogP contribution in [0.5, 0.6) is 0 Å². The summed E-state index contributed by atoms with van der Waals surface area (Å²) in [6.45, 7) is 1.65. The number of carbonyl (C=O) groups excluding carboxylic acids is 1. The molecule has 1 atom stereocenters. The molecule has 4 nitrogen and oxygen atoms in total.